The molecule has 0 radical (unpaired) electrons. The molecular weight excluding hydrogens is 228 g/mol. The third kappa shape index (κ3) is 4.50. The van der Waals surface area contributed by atoms with E-state index >= 15 is 0 Å². The van der Waals surface area contributed by atoms with Crippen LogP contribution >= 0.6 is 0 Å². The first-order valence-electron chi connectivity index (χ1n) is 7.45. The number of hydrogen-bond acceptors (Lipinski definition) is 4. The second-order valence-corrected chi connectivity index (χ2v) is 5.60. The monoisotopic (exact) mass is 256 g/mol. The van der Waals surface area contributed by atoms with E-state index in [1.807, 2.05) is 0 Å². The van der Waals surface area contributed by atoms with Gasteiger partial charge in [0.05, 0.1) is 19.3 Å². The molecule has 1 N–H and O–H groups in total. The topological polar surface area (TPSA) is 33.7 Å². The van der Waals surface area contributed by atoms with Crippen LogP contribution in [-0.2, 0) is 9.47 Å². The lowest BCUT2D eigenvalue weighted by Crippen LogP contribution is -2.49. The average molecular weight is 256 g/mol. The summed E-state index contributed by atoms with van der Waals surface area (Å²) in [5, 5.41) is 3.77. The van der Waals surface area contributed by atoms with Gasteiger partial charge in [-0.05, 0) is 26.2 Å². The Bertz CT molecular complexity index is 232. The Hall–Kier alpha value is -0.160. The molecule has 0 bridgehead atoms. The molecule has 2 aliphatic rings. The molecule has 0 amide bonds. The highest BCUT2D eigenvalue weighted by atomic mass is 16.5. The third-order valence-electron chi connectivity index (χ3n) is 3.98. The minimum absolute atomic E-state index is 0.465. The minimum Gasteiger partial charge on any atom is -0.379 e. The highest BCUT2D eigenvalue weighted by Crippen LogP contribution is 2.16. The van der Waals surface area contributed by atoms with Gasteiger partial charge < -0.3 is 14.8 Å². The second kappa shape index (κ2) is 7.43. The van der Waals surface area contributed by atoms with Gasteiger partial charge in [-0.1, -0.05) is 6.92 Å². The van der Waals surface area contributed by atoms with Crippen molar-refractivity contribution >= 4 is 0 Å². The third-order valence-corrected chi connectivity index (χ3v) is 3.98. The summed E-state index contributed by atoms with van der Waals surface area (Å²) in [6.07, 6.45) is 3.93. The van der Waals surface area contributed by atoms with E-state index in [-0.39, 0.29) is 0 Å². The summed E-state index contributed by atoms with van der Waals surface area (Å²) < 4.78 is 11.1. The van der Waals surface area contributed by atoms with E-state index in [4.69, 9.17) is 9.47 Å². The van der Waals surface area contributed by atoms with E-state index < -0.39 is 0 Å². The summed E-state index contributed by atoms with van der Waals surface area (Å²) in [7, 11) is 0. The van der Waals surface area contributed by atoms with Gasteiger partial charge in [0.15, 0.2) is 0 Å². The summed E-state index contributed by atoms with van der Waals surface area (Å²) in [6.45, 7) is 10.5. The van der Waals surface area contributed by atoms with E-state index in [9.17, 15) is 0 Å². The Morgan fingerprint density at radius 1 is 1.28 bits per heavy atom. The second-order valence-electron chi connectivity index (χ2n) is 5.60. The van der Waals surface area contributed by atoms with Crippen LogP contribution in [0.3, 0.4) is 0 Å². The molecule has 4 heteroatoms. The van der Waals surface area contributed by atoms with Gasteiger partial charge in [0.2, 0.25) is 0 Å². The normalized spacial score (nSPS) is 32.3. The van der Waals surface area contributed by atoms with Crippen LogP contribution in [0.4, 0.5) is 0 Å². The van der Waals surface area contributed by atoms with E-state index in [0.717, 1.165) is 52.3 Å². The molecule has 3 unspecified atom stereocenters. The zero-order chi connectivity index (χ0) is 12.8. The van der Waals surface area contributed by atoms with Gasteiger partial charge in [0, 0.05) is 38.3 Å². The van der Waals surface area contributed by atoms with Crippen molar-refractivity contribution in [1.82, 2.24) is 10.2 Å². The maximum Gasteiger partial charge on any atom is 0.0594 e. The van der Waals surface area contributed by atoms with E-state index in [2.05, 4.69) is 24.1 Å². The highest BCUT2D eigenvalue weighted by molar-refractivity contribution is 4.80. The van der Waals surface area contributed by atoms with Crippen LogP contribution in [0.5, 0.6) is 0 Å². The van der Waals surface area contributed by atoms with Gasteiger partial charge in [-0.3, -0.25) is 4.90 Å². The lowest BCUT2D eigenvalue weighted by molar-refractivity contribution is -0.00415. The summed E-state index contributed by atoms with van der Waals surface area (Å²) in [6, 6.07) is 1.20. The molecule has 0 aliphatic carbocycles. The lowest BCUT2D eigenvalue weighted by Gasteiger charge is -2.34. The zero-order valence-electron chi connectivity index (χ0n) is 11.9. The SMILES string of the molecule is CCC1CC(NC(C)CN2CCOCC2)CCO1. The molecule has 0 aromatic heterocycles. The Kier molecular flexibility index (Phi) is 5.89. The first-order valence-corrected chi connectivity index (χ1v) is 7.45. The molecule has 0 saturated carbocycles. The molecule has 3 atom stereocenters. The van der Waals surface area contributed by atoms with E-state index in [0.29, 0.717) is 18.2 Å². The number of nitrogens with zero attached hydrogens (tertiary/aromatic N) is 1. The smallest absolute Gasteiger partial charge is 0.0594 e. The van der Waals surface area contributed by atoms with Crippen molar-refractivity contribution in [3.8, 4) is 0 Å². The van der Waals surface area contributed by atoms with Gasteiger partial charge in [0.1, 0.15) is 0 Å². The molecular formula is C14H28N2O2. The van der Waals surface area contributed by atoms with Crippen LogP contribution < -0.4 is 5.32 Å². The maximum atomic E-state index is 5.72. The van der Waals surface area contributed by atoms with Crippen molar-refractivity contribution < 1.29 is 9.47 Å². The largest absolute Gasteiger partial charge is 0.379 e. The van der Waals surface area contributed by atoms with Crippen molar-refractivity contribution in [3.05, 3.63) is 0 Å². The fraction of sp³-hybridized carbons (Fsp3) is 1.00. The first kappa shape index (κ1) is 14.3. The summed E-state index contributed by atoms with van der Waals surface area (Å²) >= 11 is 0. The van der Waals surface area contributed by atoms with Crippen molar-refractivity contribution in [3.63, 3.8) is 0 Å². The fourth-order valence-corrected chi connectivity index (χ4v) is 2.94. The van der Waals surface area contributed by atoms with Gasteiger partial charge >= 0.3 is 0 Å². The Labute approximate surface area is 111 Å². The quantitative estimate of drug-likeness (QED) is 0.803. The average Bonchev–Trinajstić information content (AvgIpc) is 2.40. The summed E-state index contributed by atoms with van der Waals surface area (Å²) in [5.74, 6) is 0. The van der Waals surface area contributed by atoms with Crippen LogP contribution in [0.25, 0.3) is 0 Å². The predicted octanol–water partition coefficient (Wildman–Crippen LogP) is 1.25. The number of ether oxygens (including phenoxy) is 2. The van der Waals surface area contributed by atoms with E-state index in [1.165, 1.54) is 6.42 Å². The molecule has 2 saturated heterocycles. The zero-order valence-corrected chi connectivity index (χ0v) is 11.9. The number of hydrogen-bond donors (Lipinski definition) is 1. The molecule has 4 nitrogen and oxygen atoms in total. The fourth-order valence-electron chi connectivity index (χ4n) is 2.94. The molecule has 2 aliphatic heterocycles. The Morgan fingerprint density at radius 2 is 2.06 bits per heavy atom. The summed E-state index contributed by atoms with van der Waals surface area (Å²) in [4.78, 5) is 2.50. The van der Waals surface area contributed by atoms with Gasteiger partial charge in [0.25, 0.3) is 0 Å². The lowest BCUT2D eigenvalue weighted by atomic mass is 10.0. The molecule has 2 heterocycles. The van der Waals surface area contributed by atoms with Gasteiger partial charge in [-0.15, -0.1) is 0 Å². The maximum absolute atomic E-state index is 5.72. The van der Waals surface area contributed by atoms with Crippen molar-refractivity contribution in [1.29, 1.82) is 0 Å². The molecule has 0 spiro atoms. The Morgan fingerprint density at radius 3 is 2.78 bits per heavy atom. The molecule has 2 rings (SSSR count). The first-order chi connectivity index (χ1) is 8.78. The number of rotatable bonds is 5. The standard InChI is InChI=1S/C14H28N2O2/c1-3-14-10-13(4-7-18-14)15-12(2)11-16-5-8-17-9-6-16/h12-15H,3-11H2,1-2H3. The number of morpholine rings is 1. The molecule has 0 aromatic rings. The van der Waals surface area contributed by atoms with Crippen molar-refractivity contribution in [2.24, 2.45) is 0 Å². The molecule has 106 valence electrons. The Balaban J connectivity index is 1.67. The molecule has 18 heavy (non-hydrogen) atoms. The molecule has 2 fully saturated rings. The molecule has 0 aromatic carbocycles. The van der Waals surface area contributed by atoms with Crippen LogP contribution in [-0.4, -0.2) is 62.5 Å². The highest BCUT2D eigenvalue weighted by Gasteiger charge is 2.23. The summed E-state index contributed by atoms with van der Waals surface area (Å²) in [5.41, 5.74) is 0. The van der Waals surface area contributed by atoms with Crippen LogP contribution in [0.15, 0.2) is 0 Å². The van der Waals surface area contributed by atoms with E-state index in [1.54, 1.807) is 0 Å². The van der Waals surface area contributed by atoms with Gasteiger partial charge in [-0.25, -0.2) is 0 Å². The minimum atomic E-state index is 0.465. The van der Waals surface area contributed by atoms with Crippen LogP contribution in [0, 0.1) is 0 Å². The number of nitrogens with one attached hydrogen (secondary N) is 1. The van der Waals surface area contributed by atoms with Crippen LogP contribution in [0.1, 0.15) is 33.1 Å². The van der Waals surface area contributed by atoms with Gasteiger partial charge in [-0.2, -0.15) is 0 Å². The van der Waals surface area contributed by atoms with Crippen molar-refractivity contribution in [2.45, 2.75) is 51.3 Å². The van der Waals surface area contributed by atoms with Crippen LogP contribution in [0.2, 0.25) is 0 Å². The predicted molar refractivity (Wildman–Crippen MR) is 72.9 cm³/mol. The van der Waals surface area contributed by atoms with Crippen molar-refractivity contribution in [2.75, 3.05) is 39.5 Å².